The van der Waals surface area contributed by atoms with Crippen molar-refractivity contribution in [1.29, 1.82) is 0 Å². The molecule has 0 amide bonds. The zero-order valence-corrected chi connectivity index (χ0v) is 7.26. The third-order valence-electron chi connectivity index (χ3n) is 1.63. The molecule has 2 nitrogen and oxygen atoms in total. The summed E-state index contributed by atoms with van der Waals surface area (Å²) in [7, 11) is 0. The zero-order chi connectivity index (χ0) is 7.68. The summed E-state index contributed by atoms with van der Waals surface area (Å²) in [6, 6.07) is 7.88. The van der Waals surface area contributed by atoms with Crippen LogP contribution in [0.25, 0.3) is 10.9 Å². The SMILES string of the molecule is BrOc1cccc2cc[nH]c12. The van der Waals surface area contributed by atoms with Crippen LogP contribution >= 0.6 is 16.3 Å². The van der Waals surface area contributed by atoms with Gasteiger partial charge in [-0.05, 0) is 12.1 Å². The Kier molecular flexibility index (Phi) is 1.58. The summed E-state index contributed by atoms with van der Waals surface area (Å²) in [6.45, 7) is 0. The van der Waals surface area contributed by atoms with Gasteiger partial charge in [-0.25, -0.2) is 0 Å². The van der Waals surface area contributed by atoms with Crippen molar-refractivity contribution in [3.8, 4) is 5.75 Å². The van der Waals surface area contributed by atoms with E-state index in [4.69, 9.17) is 3.83 Å². The van der Waals surface area contributed by atoms with Gasteiger partial charge in [-0.2, -0.15) is 0 Å². The van der Waals surface area contributed by atoms with Crippen molar-refractivity contribution in [3.05, 3.63) is 30.5 Å². The van der Waals surface area contributed by atoms with E-state index in [9.17, 15) is 0 Å². The highest BCUT2D eigenvalue weighted by atomic mass is 79.9. The number of H-pyrrole nitrogens is 1. The largest absolute Gasteiger partial charge is 0.416 e. The molecule has 0 bridgehead atoms. The van der Waals surface area contributed by atoms with E-state index in [-0.39, 0.29) is 0 Å². The van der Waals surface area contributed by atoms with E-state index < -0.39 is 0 Å². The van der Waals surface area contributed by atoms with Gasteiger partial charge in [0.2, 0.25) is 0 Å². The van der Waals surface area contributed by atoms with Gasteiger partial charge < -0.3 is 8.81 Å². The number of para-hydroxylation sites is 1. The topological polar surface area (TPSA) is 25.0 Å². The Balaban J connectivity index is 2.79. The van der Waals surface area contributed by atoms with Crippen molar-refractivity contribution in [2.75, 3.05) is 0 Å². The first-order valence-electron chi connectivity index (χ1n) is 3.26. The molecule has 0 saturated carbocycles. The van der Waals surface area contributed by atoms with Crippen LogP contribution in [0.3, 0.4) is 0 Å². The fourth-order valence-corrected chi connectivity index (χ4v) is 1.39. The molecule has 0 aliphatic carbocycles. The quantitative estimate of drug-likeness (QED) is 0.772. The van der Waals surface area contributed by atoms with Gasteiger partial charge in [0, 0.05) is 11.6 Å². The van der Waals surface area contributed by atoms with Gasteiger partial charge in [-0.3, -0.25) is 0 Å². The van der Waals surface area contributed by atoms with Crippen LogP contribution in [0.15, 0.2) is 30.5 Å². The zero-order valence-electron chi connectivity index (χ0n) is 5.67. The number of aromatic amines is 1. The van der Waals surface area contributed by atoms with Crippen LogP contribution < -0.4 is 3.83 Å². The molecule has 0 spiro atoms. The first-order chi connectivity index (χ1) is 5.42. The Morgan fingerprint density at radius 3 is 3.00 bits per heavy atom. The fourth-order valence-electron chi connectivity index (χ4n) is 1.12. The molecular formula is C8H6BrNO. The van der Waals surface area contributed by atoms with Gasteiger partial charge in [0.25, 0.3) is 0 Å². The first-order valence-corrected chi connectivity index (χ1v) is 3.91. The maximum atomic E-state index is 4.97. The van der Waals surface area contributed by atoms with E-state index in [0.29, 0.717) is 0 Å². The molecule has 0 aliphatic rings. The lowest BCUT2D eigenvalue weighted by atomic mass is 10.2. The van der Waals surface area contributed by atoms with E-state index in [1.807, 2.05) is 30.5 Å². The summed E-state index contributed by atoms with van der Waals surface area (Å²) in [5.74, 6) is 0.813. The Morgan fingerprint density at radius 1 is 1.27 bits per heavy atom. The number of hydrogen-bond donors (Lipinski definition) is 1. The minimum absolute atomic E-state index is 0.813. The van der Waals surface area contributed by atoms with Crippen LogP contribution in [0.1, 0.15) is 0 Å². The second-order valence-electron chi connectivity index (χ2n) is 2.28. The van der Waals surface area contributed by atoms with Gasteiger partial charge in [-0.15, -0.1) is 0 Å². The summed E-state index contributed by atoms with van der Waals surface area (Å²) in [5, 5.41) is 1.15. The van der Waals surface area contributed by atoms with E-state index in [1.165, 1.54) is 0 Å². The van der Waals surface area contributed by atoms with Crippen molar-refractivity contribution < 1.29 is 3.83 Å². The molecule has 56 valence electrons. The van der Waals surface area contributed by atoms with Gasteiger partial charge in [0.1, 0.15) is 0 Å². The average Bonchev–Trinajstić information content (AvgIpc) is 2.50. The minimum atomic E-state index is 0.813. The molecule has 1 aromatic carbocycles. The van der Waals surface area contributed by atoms with Gasteiger partial charge >= 0.3 is 0 Å². The highest BCUT2D eigenvalue weighted by Gasteiger charge is 1.99. The van der Waals surface area contributed by atoms with Crippen LogP contribution in [-0.2, 0) is 0 Å². The fraction of sp³-hybridized carbons (Fsp3) is 0. The highest BCUT2D eigenvalue weighted by molar-refractivity contribution is 9.06. The number of hydrogen-bond acceptors (Lipinski definition) is 1. The van der Waals surface area contributed by atoms with Crippen LogP contribution in [0, 0.1) is 0 Å². The number of halogens is 1. The van der Waals surface area contributed by atoms with Crippen LogP contribution in [0.4, 0.5) is 0 Å². The number of nitrogens with one attached hydrogen (secondary N) is 1. The van der Waals surface area contributed by atoms with E-state index >= 15 is 0 Å². The molecule has 1 aromatic heterocycles. The Labute approximate surface area is 72.6 Å². The summed E-state index contributed by atoms with van der Waals surface area (Å²) < 4.78 is 4.97. The molecule has 2 rings (SSSR count). The van der Waals surface area contributed by atoms with Crippen molar-refractivity contribution in [2.24, 2.45) is 0 Å². The number of aromatic nitrogens is 1. The maximum absolute atomic E-state index is 4.97. The molecule has 1 heterocycles. The molecular weight excluding hydrogens is 206 g/mol. The molecule has 2 aromatic rings. The highest BCUT2D eigenvalue weighted by Crippen LogP contribution is 2.24. The minimum Gasteiger partial charge on any atom is -0.416 e. The van der Waals surface area contributed by atoms with Crippen LogP contribution in [0.5, 0.6) is 5.75 Å². The number of fused-ring (bicyclic) bond motifs is 1. The normalized spacial score (nSPS) is 10.3. The van der Waals surface area contributed by atoms with Crippen molar-refractivity contribution >= 4 is 27.2 Å². The molecule has 0 aliphatic heterocycles. The number of rotatable bonds is 1. The predicted molar refractivity (Wildman–Crippen MR) is 47.9 cm³/mol. The van der Waals surface area contributed by atoms with Gasteiger partial charge in [-0.1, -0.05) is 12.1 Å². The molecule has 1 N–H and O–H groups in total. The second kappa shape index (κ2) is 2.58. The molecule has 11 heavy (non-hydrogen) atoms. The van der Waals surface area contributed by atoms with E-state index in [1.54, 1.807) is 0 Å². The molecule has 0 fully saturated rings. The molecule has 0 unspecified atom stereocenters. The predicted octanol–water partition coefficient (Wildman–Crippen LogP) is 2.86. The summed E-state index contributed by atoms with van der Waals surface area (Å²) in [4.78, 5) is 3.08. The second-order valence-corrected chi connectivity index (χ2v) is 2.60. The summed E-state index contributed by atoms with van der Waals surface area (Å²) in [5.41, 5.74) is 1.02. The summed E-state index contributed by atoms with van der Waals surface area (Å²) in [6.07, 6.45) is 1.89. The maximum Gasteiger partial charge on any atom is 0.179 e. The Bertz CT molecular complexity index is 369. The van der Waals surface area contributed by atoms with Crippen LogP contribution in [0.2, 0.25) is 0 Å². The van der Waals surface area contributed by atoms with E-state index in [2.05, 4.69) is 21.2 Å². The third-order valence-corrected chi connectivity index (χ3v) is 1.98. The van der Waals surface area contributed by atoms with Crippen molar-refractivity contribution in [2.45, 2.75) is 0 Å². The summed E-state index contributed by atoms with van der Waals surface area (Å²) >= 11 is 2.94. The standard InChI is InChI=1S/C8H6BrNO/c9-11-7-3-1-2-6-4-5-10-8(6)7/h1-5,10H. The monoisotopic (exact) mass is 211 g/mol. The average molecular weight is 212 g/mol. The molecule has 3 heteroatoms. The lowest BCUT2D eigenvalue weighted by molar-refractivity contribution is 0.685. The third kappa shape index (κ3) is 1.01. The van der Waals surface area contributed by atoms with Gasteiger partial charge in [0.15, 0.2) is 22.0 Å². The lowest BCUT2D eigenvalue weighted by Crippen LogP contribution is -1.75. The number of benzene rings is 1. The molecule has 0 atom stereocenters. The Morgan fingerprint density at radius 2 is 2.18 bits per heavy atom. The smallest absolute Gasteiger partial charge is 0.179 e. The van der Waals surface area contributed by atoms with Crippen LogP contribution in [-0.4, -0.2) is 4.98 Å². The Hall–Kier alpha value is -0.960. The molecule has 0 saturated heterocycles. The molecule has 0 radical (unpaired) electrons. The van der Waals surface area contributed by atoms with E-state index in [0.717, 1.165) is 16.7 Å². The lowest BCUT2D eigenvalue weighted by Gasteiger charge is -1.96. The van der Waals surface area contributed by atoms with Crippen molar-refractivity contribution in [1.82, 2.24) is 4.98 Å². The first kappa shape index (κ1) is 6.73. The van der Waals surface area contributed by atoms with Gasteiger partial charge in [0.05, 0.1) is 5.52 Å². The van der Waals surface area contributed by atoms with Crippen molar-refractivity contribution in [3.63, 3.8) is 0 Å².